The summed E-state index contributed by atoms with van der Waals surface area (Å²) in [5, 5.41) is 5.36. The van der Waals surface area contributed by atoms with Crippen LogP contribution >= 0.6 is 0 Å². The minimum absolute atomic E-state index is 0.185. The van der Waals surface area contributed by atoms with Crippen LogP contribution in [0.2, 0.25) is 0 Å². The number of nitrogens with zero attached hydrogens (tertiary/aromatic N) is 2. The molecule has 8 heteroatoms. The van der Waals surface area contributed by atoms with Crippen molar-refractivity contribution in [1.82, 2.24) is 20.4 Å². The van der Waals surface area contributed by atoms with E-state index in [1.54, 1.807) is 24.1 Å². The molecule has 1 unspecified atom stereocenters. The minimum Gasteiger partial charge on any atom is -0.492 e. The predicted molar refractivity (Wildman–Crippen MR) is 92.0 cm³/mol. The summed E-state index contributed by atoms with van der Waals surface area (Å²) in [5.74, 6) is 0.114. The Morgan fingerprint density at radius 2 is 2.00 bits per heavy atom. The van der Waals surface area contributed by atoms with Gasteiger partial charge >= 0.3 is 6.03 Å². The summed E-state index contributed by atoms with van der Waals surface area (Å²) >= 11 is 0. The van der Waals surface area contributed by atoms with E-state index < -0.39 is 6.04 Å². The summed E-state index contributed by atoms with van der Waals surface area (Å²) in [5.41, 5.74) is 0. The quantitative estimate of drug-likeness (QED) is 0.789. The minimum atomic E-state index is -0.531. The number of halogens is 1. The molecule has 1 fully saturated rings. The van der Waals surface area contributed by atoms with E-state index in [0.29, 0.717) is 45.1 Å². The van der Waals surface area contributed by atoms with Crippen LogP contribution in [0.3, 0.4) is 0 Å². The zero-order valence-electron chi connectivity index (χ0n) is 14.6. The van der Waals surface area contributed by atoms with Gasteiger partial charge in [-0.3, -0.25) is 9.69 Å². The highest BCUT2D eigenvalue weighted by atomic mass is 19.1. The number of amides is 3. The first kappa shape index (κ1) is 19.0. The maximum absolute atomic E-state index is 12.9. The van der Waals surface area contributed by atoms with Crippen molar-refractivity contribution in [2.75, 3.05) is 46.4 Å². The Bertz CT molecular complexity index is 582. The standard InChI is InChI=1S/C17H25FN4O3/c1-3-20-17(24)22-9-8-21(12-15(22)16(23)19-2)10-11-25-14-6-4-13(18)5-7-14/h4-7,15H,3,8-12H2,1-2H3,(H,19,23)(H,20,24). The van der Waals surface area contributed by atoms with Gasteiger partial charge in [0.2, 0.25) is 5.91 Å². The van der Waals surface area contributed by atoms with E-state index in [4.69, 9.17) is 4.74 Å². The number of nitrogens with one attached hydrogen (secondary N) is 2. The maximum atomic E-state index is 12.9. The topological polar surface area (TPSA) is 73.9 Å². The number of rotatable bonds is 6. The summed E-state index contributed by atoms with van der Waals surface area (Å²) in [7, 11) is 1.56. The number of carbonyl (C=O) groups is 2. The van der Waals surface area contributed by atoms with E-state index >= 15 is 0 Å². The highest BCUT2D eigenvalue weighted by molar-refractivity contribution is 5.87. The van der Waals surface area contributed by atoms with Gasteiger partial charge in [0.1, 0.15) is 24.2 Å². The van der Waals surface area contributed by atoms with Crippen molar-refractivity contribution >= 4 is 11.9 Å². The molecule has 1 aromatic rings. The fraction of sp³-hybridized carbons (Fsp3) is 0.529. The molecule has 138 valence electrons. The van der Waals surface area contributed by atoms with Crippen LogP contribution in [-0.4, -0.2) is 74.2 Å². The summed E-state index contributed by atoms with van der Waals surface area (Å²) in [6.07, 6.45) is 0. The fourth-order valence-corrected chi connectivity index (χ4v) is 2.75. The smallest absolute Gasteiger partial charge is 0.318 e. The summed E-state index contributed by atoms with van der Waals surface area (Å²) < 4.78 is 18.5. The molecule has 0 radical (unpaired) electrons. The molecule has 1 heterocycles. The fourth-order valence-electron chi connectivity index (χ4n) is 2.75. The lowest BCUT2D eigenvalue weighted by Crippen LogP contribution is -2.62. The molecular formula is C17H25FN4O3. The highest BCUT2D eigenvalue weighted by Crippen LogP contribution is 2.13. The number of benzene rings is 1. The number of carbonyl (C=O) groups excluding carboxylic acids is 2. The third-order valence-electron chi connectivity index (χ3n) is 4.09. The van der Waals surface area contributed by atoms with Crippen LogP contribution in [0.15, 0.2) is 24.3 Å². The Morgan fingerprint density at radius 1 is 1.28 bits per heavy atom. The molecule has 0 spiro atoms. The van der Waals surface area contributed by atoms with Crippen molar-refractivity contribution < 1.29 is 18.7 Å². The van der Waals surface area contributed by atoms with Crippen molar-refractivity contribution in [1.29, 1.82) is 0 Å². The number of likely N-dealkylation sites (N-methyl/N-ethyl adjacent to an activating group) is 1. The second kappa shape index (κ2) is 9.22. The zero-order chi connectivity index (χ0) is 18.2. The van der Waals surface area contributed by atoms with E-state index in [9.17, 15) is 14.0 Å². The first-order valence-corrected chi connectivity index (χ1v) is 8.42. The Hall–Kier alpha value is -2.35. The summed E-state index contributed by atoms with van der Waals surface area (Å²) in [6.45, 7) is 4.99. The van der Waals surface area contributed by atoms with Gasteiger partial charge in [0, 0.05) is 39.8 Å². The van der Waals surface area contributed by atoms with Crippen LogP contribution in [0.25, 0.3) is 0 Å². The highest BCUT2D eigenvalue weighted by Gasteiger charge is 2.34. The molecular weight excluding hydrogens is 327 g/mol. The van der Waals surface area contributed by atoms with Gasteiger partial charge in [-0.05, 0) is 31.2 Å². The Morgan fingerprint density at radius 3 is 2.64 bits per heavy atom. The lowest BCUT2D eigenvalue weighted by Gasteiger charge is -2.40. The average molecular weight is 352 g/mol. The lowest BCUT2D eigenvalue weighted by molar-refractivity contribution is -0.127. The van der Waals surface area contributed by atoms with E-state index in [2.05, 4.69) is 15.5 Å². The lowest BCUT2D eigenvalue weighted by atomic mass is 10.1. The molecule has 1 saturated heterocycles. The molecule has 0 saturated carbocycles. The van der Waals surface area contributed by atoms with E-state index in [-0.39, 0.29) is 17.8 Å². The van der Waals surface area contributed by atoms with E-state index in [1.807, 2.05) is 6.92 Å². The zero-order valence-corrected chi connectivity index (χ0v) is 14.6. The molecule has 2 rings (SSSR count). The third kappa shape index (κ3) is 5.32. The van der Waals surface area contributed by atoms with Gasteiger partial charge in [-0.15, -0.1) is 0 Å². The molecule has 0 aliphatic carbocycles. The summed E-state index contributed by atoms with van der Waals surface area (Å²) in [4.78, 5) is 27.9. The van der Waals surface area contributed by atoms with E-state index in [0.717, 1.165) is 0 Å². The van der Waals surface area contributed by atoms with Gasteiger partial charge in [0.25, 0.3) is 0 Å². The monoisotopic (exact) mass is 352 g/mol. The number of piperazine rings is 1. The molecule has 2 N–H and O–H groups in total. The molecule has 0 aromatic heterocycles. The second-order valence-corrected chi connectivity index (χ2v) is 5.76. The first-order chi connectivity index (χ1) is 12.0. The molecule has 7 nitrogen and oxygen atoms in total. The van der Waals surface area contributed by atoms with Crippen LogP contribution in [-0.2, 0) is 4.79 Å². The molecule has 0 bridgehead atoms. The average Bonchev–Trinajstić information content (AvgIpc) is 2.62. The van der Waals surface area contributed by atoms with Crippen molar-refractivity contribution in [2.24, 2.45) is 0 Å². The van der Waals surface area contributed by atoms with Crippen LogP contribution in [0.4, 0.5) is 9.18 Å². The predicted octanol–water partition coefficient (Wildman–Crippen LogP) is 0.666. The van der Waals surface area contributed by atoms with Gasteiger partial charge in [0.15, 0.2) is 0 Å². The molecule has 3 amide bonds. The SMILES string of the molecule is CCNC(=O)N1CCN(CCOc2ccc(F)cc2)CC1C(=O)NC. The van der Waals surface area contributed by atoms with Crippen molar-refractivity contribution in [3.05, 3.63) is 30.1 Å². The normalized spacial score (nSPS) is 17.9. The number of urea groups is 1. The van der Waals surface area contributed by atoms with Gasteiger partial charge in [0.05, 0.1) is 0 Å². The second-order valence-electron chi connectivity index (χ2n) is 5.76. The van der Waals surface area contributed by atoms with Crippen LogP contribution < -0.4 is 15.4 Å². The number of hydrogen-bond acceptors (Lipinski definition) is 4. The van der Waals surface area contributed by atoms with E-state index in [1.165, 1.54) is 12.1 Å². The third-order valence-corrected chi connectivity index (χ3v) is 4.09. The first-order valence-electron chi connectivity index (χ1n) is 8.42. The van der Waals surface area contributed by atoms with Crippen molar-refractivity contribution in [3.63, 3.8) is 0 Å². The molecule has 25 heavy (non-hydrogen) atoms. The largest absolute Gasteiger partial charge is 0.492 e. The van der Waals surface area contributed by atoms with Gasteiger partial charge in [-0.2, -0.15) is 0 Å². The van der Waals surface area contributed by atoms with Crippen LogP contribution in [0.5, 0.6) is 5.75 Å². The molecule has 1 aliphatic rings. The maximum Gasteiger partial charge on any atom is 0.318 e. The van der Waals surface area contributed by atoms with Crippen molar-refractivity contribution in [2.45, 2.75) is 13.0 Å². The molecule has 1 aromatic carbocycles. The molecule has 1 atom stereocenters. The van der Waals surface area contributed by atoms with Crippen molar-refractivity contribution in [3.8, 4) is 5.75 Å². The molecule has 1 aliphatic heterocycles. The van der Waals surface area contributed by atoms with Gasteiger partial charge in [-0.1, -0.05) is 0 Å². The Labute approximate surface area is 147 Å². The number of hydrogen-bond donors (Lipinski definition) is 2. The number of ether oxygens (including phenoxy) is 1. The van der Waals surface area contributed by atoms with Gasteiger partial charge < -0.3 is 20.3 Å². The Balaban J connectivity index is 1.87. The summed E-state index contributed by atoms with van der Waals surface area (Å²) in [6, 6.07) is 5.10. The Kier molecular flexibility index (Phi) is 7.00. The van der Waals surface area contributed by atoms with Crippen LogP contribution in [0, 0.1) is 5.82 Å². The van der Waals surface area contributed by atoms with Crippen LogP contribution in [0.1, 0.15) is 6.92 Å². The van der Waals surface area contributed by atoms with Gasteiger partial charge in [-0.25, -0.2) is 9.18 Å².